The van der Waals surface area contributed by atoms with Gasteiger partial charge in [0.25, 0.3) is 6.71 Å². The molecule has 0 radical (unpaired) electrons. The molecule has 0 saturated heterocycles. The third kappa shape index (κ3) is 7.17. The molecule has 63 heavy (non-hydrogen) atoms. The van der Waals surface area contributed by atoms with Crippen LogP contribution < -0.4 is 26.2 Å². The first-order valence-corrected chi connectivity index (χ1v) is 23.6. The minimum absolute atomic E-state index is 0.00728. The number of fused-ring (bicyclic) bond motifs is 5. The topological polar surface area (TPSA) is 6.48 Å². The second-order valence-corrected chi connectivity index (χ2v) is 24.9. The van der Waals surface area contributed by atoms with Gasteiger partial charge < -0.3 is 9.80 Å². The van der Waals surface area contributed by atoms with E-state index in [2.05, 4.69) is 237 Å². The molecule has 1 aliphatic carbocycles. The summed E-state index contributed by atoms with van der Waals surface area (Å²) in [6.45, 7) is 40.1. The zero-order valence-electron chi connectivity index (χ0n) is 41.6. The number of hydrogen-bond acceptors (Lipinski definition) is 2. The molecule has 0 N–H and O–H groups in total. The van der Waals surface area contributed by atoms with Crippen LogP contribution >= 0.6 is 0 Å². The molecule has 2 aliphatic heterocycles. The molecule has 0 atom stereocenters. The predicted molar refractivity (Wildman–Crippen MR) is 276 cm³/mol. The fraction of sp³-hybridized carbons (Fsp3) is 0.400. The van der Waals surface area contributed by atoms with Gasteiger partial charge in [-0.25, -0.2) is 0 Å². The van der Waals surface area contributed by atoms with E-state index in [1.807, 2.05) is 0 Å². The lowest BCUT2D eigenvalue weighted by Crippen LogP contribution is -2.61. The van der Waals surface area contributed by atoms with Crippen LogP contribution in [0.25, 0.3) is 11.1 Å². The van der Waals surface area contributed by atoms with Gasteiger partial charge >= 0.3 is 0 Å². The van der Waals surface area contributed by atoms with E-state index in [1.54, 1.807) is 0 Å². The molecular weight excluding hydrogens is 759 g/mol. The van der Waals surface area contributed by atoms with Crippen molar-refractivity contribution < 1.29 is 0 Å². The lowest BCUT2D eigenvalue weighted by molar-refractivity contribution is 0.403. The van der Waals surface area contributed by atoms with Gasteiger partial charge in [-0.2, -0.15) is 0 Å². The first kappa shape index (κ1) is 43.2. The zero-order chi connectivity index (χ0) is 45.6. The Balaban J connectivity index is 1.40. The summed E-state index contributed by atoms with van der Waals surface area (Å²) in [4.78, 5) is 5.27. The minimum Gasteiger partial charge on any atom is -0.311 e. The highest BCUT2D eigenvalue weighted by Crippen LogP contribution is 2.55. The van der Waals surface area contributed by atoms with E-state index in [4.69, 9.17) is 0 Å². The maximum Gasteiger partial charge on any atom is 0.252 e. The zero-order valence-corrected chi connectivity index (χ0v) is 41.6. The number of rotatable bonds is 3. The van der Waals surface area contributed by atoms with Crippen LogP contribution in [0.15, 0.2) is 109 Å². The van der Waals surface area contributed by atoms with Crippen LogP contribution in [0.1, 0.15) is 156 Å². The van der Waals surface area contributed by atoms with Crippen molar-refractivity contribution in [3.8, 4) is 11.1 Å². The summed E-state index contributed by atoms with van der Waals surface area (Å²) in [7, 11) is 0. The Morgan fingerprint density at radius 2 is 0.905 bits per heavy atom. The molecule has 0 amide bonds. The largest absolute Gasteiger partial charge is 0.311 e. The second kappa shape index (κ2) is 14.0. The van der Waals surface area contributed by atoms with E-state index in [-0.39, 0.29) is 39.2 Å². The van der Waals surface area contributed by atoms with Gasteiger partial charge in [0.15, 0.2) is 0 Å². The van der Waals surface area contributed by atoms with Crippen molar-refractivity contribution in [2.45, 2.75) is 157 Å². The molecule has 3 aliphatic rings. The summed E-state index contributed by atoms with van der Waals surface area (Å²) >= 11 is 0. The Bertz CT molecular complexity index is 2790. The molecule has 9 rings (SSSR count). The second-order valence-electron chi connectivity index (χ2n) is 24.9. The number of hydrogen-bond donors (Lipinski definition) is 0. The summed E-state index contributed by atoms with van der Waals surface area (Å²) in [5, 5.41) is 0. The van der Waals surface area contributed by atoms with Crippen LogP contribution in [0.4, 0.5) is 34.1 Å². The Morgan fingerprint density at radius 1 is 0.429 bits per heavy atom. The first-order valence-electron chi connectivity index (χ1n) is 23.6. The van der Waals surface area contributed by atoms with Crippen molar-refractivity contribution >= 4 is 57.2 Å². The molecule has 324 valence electrons. The van der Waals surface area contributed by atoms with E-state index in [9.17, 15) is 0 Å². The average molecular weight is 831 g/mol. The molecule has 6 aromatic carbocycles. The van der Waals surface area contributed by atoms with Crippen LogP contribution in [0, 0.1) is 6.92 Å². The van der Waals surface area contributed by atoms with Crippen LogP contribution in [0.3, 0.4) is 0 Å². The van der Waals surface area contributed by atoms with E-state index < -0.39 is 0 Å². The highest BCUT2D eigenvalue weighted by Gasteiger charge is 2.47. The minimum atomic E-state index is -0.0335. The van der Waals surface area contributed by atoms with Crippen molar-refractivity contribution in [1.29, 1.82) is 0 Å². The maximum atomic E-state index is 2.70. The molecule has 0 unspecified atom stereocenters. The van der Waals surface area contributed by atoms with Gasteiger partial charge in [-0.05, 0) is 155 Å². The van der Waals surface area contributed by atoms with Crippen LogP contribution in [0.5, 0.6) is 0 Å². The fourth-order valence-corrected chi connectivity index (χ4v) is 11.3. The van der Waals surface area contributed by atoms with Gasteiger partial charge in [0.1, 0.15) is 0 Å². The van der Waals surface area contributed by atoms with Gasteiger partial charge in [0.05, 0.1) is 5.69 Å². The molecule has 2 nitrogen and oxygen atoms in total. The summed E-state index contributed by atoms with van der Waals surface area (Å²) in [6.07, 6.45) is 1.11. The van der Waals surface area contributed by atoms with Crippen molar-refractivity contribution in [3.63, 3.8) is 0 Å². The molecule has 0 spiro atoms. The number of anilines is 6. The van der Waals surface area contributed by atoms with E-state index in [0.29, 0.717) is 0 Å². The predicted octanol–water partition coefficient (Wildman–Crippen LogP) is 14.9. The maximum absolute atomic E-state index is 2.70. The van der Waals surface area contributed by atoms with Gasteiger partial charge in [-0.1, -0.05) is 171 Å². The monoisotopic (exact) mass is 831 g/mol. The standard InChI is InChI=1S/C60H71BN2/c1-37-30-52-54-53(31-37)63(50-35-46-45(59(14,15)36-60(46,16)17)34-44(50)38-18-20-39(21-19-38)55(2,3)4)51-33-42(58(11,12)13)24-28-47(51)61(54)48-32-41(57(8,9)10)25-29-49(48)62(52)43-26-22-40(23-27-43)56(5,6)7/h18-35H,36H2,1-17H3. The average Bonchev–Trinajstić information content (AvgIpc) is 3.37. The van der Waals surface area contributed by atoms with E-state index in [0.717, 1.165) is 6.42 Å². The molecule has 6 aromatic rings. The lowest BCUT2D eigenvalue weighted by Gasteiger charge is -2.45. The van der Waals surface area contributed by atoms with Crippen molar-refractivity contribution in [1.82, 2.24) is 0 Å². The van der Waals surface area contributed by atoms with Gasteiger partial charge in [0, 0.05) is 34.0 Å². The highest BCUT2D eigenvalue weighted by atomic mass is 15.2. The number of benzene rings is 6. The van der Waals surface area contributed by atoms with E-state index in [1.165, 1.54) is 101 Å². The summed E-state index contributed by atoms with van der Waals surface area (Å²) < 4.78 is 0. The van der Waals surface area contributed by atoms with E-state index >= 15 is 0 Å². The quantitative estimate of drug-likeness (QED) is 0.164. The molecule has 3 heteroatoms. The van der Waals surface area contributed by atoms with Crippen molar-refractivity contribution in [3.05, 3.63) is 148 Å². The summed E-state index contributed by atoms with van der Waals surface area (Å²) in [5.74, 6) is 0. The molecule has 0 saturated carbocycles. The van der Waals surface area contributed by atoms with Crippen LogP contribution in [-0.2, 0) is 32.5 Å². The molecule has 0 bridgehead atoms. The first-order chi connectivity index (χ1) is 29.1. The van der Waals surface area contributed by atoms with Crippen molar-refractivity contribution in [2.75, 3.05) is 9.80 Å². The SMILES string of the molecule is Cc1cc2c3c(c1)N(c1cc4c(cc1-c1ccc(C(C)(C)C)cc1)C(C)(C)CC4(C)C)c1cc(C(C)(C)C)ccc1B3c1cc(C(C)(C)C)ccc1N2c1ccc(C(C)(C)C)cc1. The lowest BCUT2D eigenvalue weighted by atomic mass is 9.33. The van der Waals surface area contributed by atoms with Crippen molar-refractivity contribution in [2.24, 2.45) is 0 Å². The molecule has 0 fully saturated rings. The normalized spacial score (nSPS) is 16.4. The fourth-order valence-electron chi connectivity index (χ4n) is 11.3. The molecule has 2 heterocycles. The van der Waals surface area contributed by atoms with Crippen LogP contribution in [0.2, 0.25) is 0 Å². The Kier molecular flexibility index (Phi) is 9.60. The Hall–Kier alpha value is -5.02. The Morgan fingerprint density at radius 3 is 1.46 bits per heavy atom. The van der Waals surface area contributed by atoms with Gasteiger partial charge in [-0.3, -0.25) is 0 Å². The smallest absolute Gasteiger partial charge is 0.252 e. The summed E-state index contributed by atoms with van der Waals surface area (Å²) in [6, 6.07) is 43.8. The third-order valence-electron chi connectivity index (χ3n) is 14.7. The van der Waals surface area contributed by atoms with Gasteiger partial charge in [-0.15, -0.1) is 0 Å². The highest BCUT2D eigenvalue weighted by molar-refractivity contribution is 7.00. The number of nitrogens with zero attached hydrogens (tertiary/aromatic N) is 2. The third-order valence-corrected chi connectivity index (χ3v) is 14.7. The molecule has 0 aromatic heterocycles. The van der Waals surface area contributed by atoms with Gasteiger partial charge in [0.2, 0.25) is 0 Å². The molecular formula is C60H71BN2. The summed E-state index contributed by atoms with van der Waals surface area (Å²) in [5.41, 5.74) is 24.0. The Labute approximate surface area is 381 Å². The van der Waals surface area contributed by atoms with Crippen LogP contribution in [-0.4, -0.2) is 6.71 Å². The number of aryl methyl sites for hydroxylation is 1.